The van der Waals surface area contributed by atoms with E-state index < -0.39 is 0 Å². The predicted octanol–water partition coefficient (Wildman–Crippen LogP) is 1.54. The lowest BCUT2D eigenvalue weighted by molar-refractivity contribution is -0.119. The van der Waals surface area contributed by atoms with Gasteiger partial charge in [-0.1, -0.05) is 0 Å². The number of carbonyl (C=O) groups excluding carboxylic acids is 2. The molecule has 0 unspecified atom stereocenters. The van der Waals surface area contributed by atoms with Crippen molar-refractivity contribution in [3.63, 3.8) is 0 Å². The summed E-state index contributed by atoms with van der Waals surface area (Å²) in [4.78, 5) is 22.6. The summed E-state index contributed by atoms with van der Waals surface area (Å²) in [6.45, 7) is 3.00. The molecular weight excluding hydrogens is 274 g/mol. The third kappa shape index (κ3) is 5.52. The van der Waals surface area contributed by atoms with Crippen LogP contribution in [0.3, 0.4) is 0 Å². The minimum absolute atomic E-state index is 0.0649. The largest absolute Gasteiger partial charge is 0.497 e. The van der Waals surface area contributed by atoms with E-state index >= 15 is 0 Å². The minimum atomic E-state index is -0.286. The van der Waals surface area contributed by atoms with Crippen molar-refractivity contribution in [2.24, 2.45) is 5.10 Å². The van der Waals surface area contributed by atoms with Crippen molar-refractivity contribution in [2.75, 3.05) is 19.5 Å². The first-order valence-corrected chi connectivity index (χ1v) is 6.28. The molecule has 0 saturated heterocycles. The monoisotopic (exact) mass is 293 g/mol. The highest BCUT2D eigenvalue weighted by Crippen LogP contribution is 2.29. The highest BCUT2D eigenvalue weighted by Gasteiger charge is 2.10. The number of methoxy groups -OCH3 is 2. The molecule has 1 aromatic carbocycles. The summed E-state index contributed by atoms with van der Waals surface area (Å²) in [5.41, 5.74) is 3.31. The lowest BCUT2D eigenvalue weighted by atomic mass is 10.2. The Kier molecular flexibility index (Phi) is 6.19. The smallest absolute Gasteiger partial charge is 0.236 e. The molecule has 7 nitrogen and oxygen atoms in total. The van der Waals surface area contributed by atoms with Gasteiger partial charge in [0, 0.05) is 18.7 Å². The molecule has 0 atom stereocenters. The van der Waals surface area contributed by atoms with E-state index in [2.05, 4.69) is 15.8 Å². The van der Waals surface area contributed by atoms with Crippen molar-refractivity contribution in [3.8, 4) is 11.5 Å². The van der Waals surface area contributed by atoms with Crippen LogP contribution in [-0.2, 0) is 9.59 Å². The van der Waals surface area contributed by atoms with Crippen LogP contribution >= 0.6 is 0 Å². The quantitative estimate of drug-likeness (QED) is 0.615. The first kappa shape index (κ1) is 16.5. The van der Waals surface area contributed by atoms with Crippen molar-refractivity contribution < 1.29 is 19.1 Å². The van der Waals surface area contributed by atoms with Crippen LogP contribution in [-0.4, -0.2) is 31.7 Å². The molecule has 0 aliphatic heterocycles. The second-order valence-corrected chi connectivity index (χ2v) is 4.31. The summed E-state index contributed by atoms with van der Waals surface area (Å²) in [7, 11) is 3.06. The molecule has 0 aliphatic carbocycles. The maximum atomic E-state index is 11.9. The lowest BCUT2D eigenvalue weighted by Crippen LogP contribution is -2.19. The lowest BCUT2D eigenvalue weighted by Gasteiger charge is -2.11. The van der Waals surface area contributed by atoms with Gasteiger partial charge in [-0.15, -0.1) is 0 Å². The molecule has 114 valence electrons. The van der Waals surface area contributed by atoms with Crippen LogP contribution in [0.25, 0.3) is 0 Å². The molecule has 7 heteroatoms. The number of hydrogen-bond acceptors (Lipinski definition) is 5. The topological polar surface area (TPSA) is 89.0 Å². The number of hydrazone groups is 1. The third-order valence-electron chi connectivity index (χ3n) is 2.50. The Labute approximate surface area is 123 Å². The maximum Gasteiger partial charge on any atom is 0.236 e. The first-order chi connectivity index (χ1) is 9.96. The Balaban J connectivity index is 2.70. The van der Waals surface area contributed by atoms with Gasteiger partial charge >= 0.3 is 0 Å². The highest BCUT2D eigenvalue weighted by molar-refractivity contribution is 6.06. The molecule has 0 aliphatic rings. The normalized spacial score (nSPS) is 10.8. The molecule has 0 heterocycles. The zero-order valence-electron chi connectivity index (χ0n) is 12.5. The number of carbonyl (C=O) groups is 2. The molecule has 1 rings (SSSR count). The van der Waals surface area contributed by atoms with Crippen LogP contribution < -0.4 is 20.2 Å². The van der Waals surface area contributed by atoms with E-state index in [-0.39, 0.29) is 18.2 Å². The summed E-state index contributed by atoms with van der Waals surface area (Å²) in [5, 5.41) is 6.50. The Hall–Kier alpha value is -2.57. The summed E-state index contributed by atoms with van der Waals surface area (Å²) >= 11 is 0. The molecule has 0 radical (unpaired) electrons. The van der Waals surface area contributed by atoms with Gasteiger partial charge in [0.15, 0.2) is 0 Å². The summed E-state index contributed by atoms with van der Waals surface area (Å²) in [6, 6.07) is 5.08. The second-order valence-electron chi connectivity index (χ2n) is 4.31. The molecule has 21 heavy (non-hydrogen) atoms. The van der Waals surface area contributed by atoms with Gasteiger partial charge in [0.1, 0.15) is 11.5 Å². The van der Waals surface area contributed by atoms with E-state index in [9.17, 15) is 9.59 Å². The fourth-order valence-corrected chi connectivity index (χ4v) is 1.54. The Morgan fingerprint density at radius 2 is 1.90 bits per heavy atom. The summed E-state index contributed by atoms with van der Waals surface area (Å²) in [5.74, 6) is 0.587. The second kappa shape index (κ2) is 7.88. The van der Waals surface area contributed by atoms with E-state index in [0.29, 0.717) is 22.9 Å². The Bertz CT molecular complexity index is 555. The zero-order chi connectivity index (χ0) is 15.8. The number of nitrogens with one attached hydrogen (secondary N) is 2. The highest BCUT2D eigenvalue weighted by atomic mass is 16.5. The van der Waals surface area contributed by atoms with Gasteiger partial charge < -0.3 is 14.8 Å². The molecule has 0 saturated carbocycles. The van der Waals surface area contributed by atoms with Crippen LogP contribution in [0.1, 0.15) is 20.3 Å². The first-order valence-electron chi connectivity index (χ1n) is 6.28. The number of benzene rings is 1. The number of nitrogens with zero attached hydrogens (tertiary/aromatic N) is 1. The van der Waals surface area contributed by atoms with Crippen molar-refractivity contribution in [3.05, 3.63) is 18.2 Å². The molecule has 2 amide bonds. The molecule has 0 fully saturated rings. The van der Waals surface area contributed by atoms with Crippen molar-refractivity contribution >= 4 is 23.2 Å². The predicted molar refractivity (Wildman–Crippen MR) is 79.7 cm³/mol. The molecule has 0 aromatic heterocycles. The van der Waals surface area contributed by atoms with Crippen molar-refractivity contribution in [1.82, 2.24) is 5.43 Å². The fraction of sp³-hybridized carbons (Fsp3) is 0.357. The van der Waals surface area contributed by atoms with Crippen molar-refractivity contribution in [2.45, 2.75) is 20.3 Å². The van der Waals surface area contributed by atoms with E-state index in [1.807, 2.05) is 0 Å². The number of ether oxygens (including phenoxy) is 2. The summed E-state index contributed by atoms with van der Waals surface area (Å²) in [6.07, 6.45) is 0.0649. The zero-order valence-corrected chi connectivity index (χ0v) is 12.5. The van der Waals surface area contributed by atoms with E-state index in [1.165, 1.54) is 14.0 Å². The molecule has 0 bridgehead atoms. The number of hydrogen-bond donors (Lipinski definition) is 2. The van der Waals surface area contributed by atoms with Gasteiger partial charge in [-0.3, -0.25) is 9.59 Å². The summed E-state index contributed by atoms with van der Waals surface area (Å²) < 4.78 is 10.3. The molecule has 2 N–H and O–H groups in total. The SMILES string of the molecule is COc1ccc(NC(=O)C/C(C)=N/NC(C)=O)c(OC)c1. The molecule has 0 spiro atoms. The van der Waals surface area contributed by atoms with E-state index in [0.717, 1.165) is 0 Å². The molecular formula is C14H19N3O4. The van der Waals surface area contributed by atoms with Gasteiger partial charge in [0.05, 0.1) is 26.3 Å². The average molecular weight is 293 g/mol. The fourth-order valence-electron chi connectivity index (χ4n) is 1.54. The van der Waals surface area contributed by atoms with E-state index in [1.54, 1.807) is 32.2 Å². The van der Waals surface area contributed by atoms with Crippen LogP contribution in [0.15, 0.2) is 23.3 Å². The maximum absolute atomic E-state index is 11.9. The Morgan fingerprint density at radius 3 is 2.48 bits per heavy atom. The average Bonchev–Trinajstić information content (AvgIpc) is 2.45. The van der Waals surface area contributed by atoms with Crippen LogP contribution in [0.4, 0.5) is 5.69 Å². The third-order valence-corrected chi connectivity index (χ3v) is 2.50. The van der Waals surface area contributed by atoms with Crippen LogP contribution in [0.2, 0.25) is 0 Å². The van der Waals surface area contributed by atoms with Crippen LogP contribution in [0.5, 0.6) is 11.5 Å². The van der Waals surface area contributed by atoms with Gasteiger partial charge in [0.2, 0.25) is 11.8 Å². The number of rotatable bonds is 6. The van der Waals surface area contributed by atoms with E-state index in [4.69, 9.17) is 9.47 Å². The van der Waals surface area contributed by atoms with Gasteiger partial charge in [0.25, 0.3) is 0 Å². The van der Waals surface area contributed by atoms with Crippen LogP contribution in [0, 0.1) is 0 Å². The number of amides is 2. The molecule has 1 aromatic rings. The minimum Gasteiger partial charge on any atom is -0.497 e. The van der Waals surface area contributed by atoms with Gasteiger partial charge in [-0.05, 0) is 19.1 Å². The van der Waals surface area contributed by atoms with Crippen molar-refractivity contribution in [1.29, 1.82) is 0 Å². The number of anilines is 1. The standard InChI is InChI=1S/C14H19N3O4/c1-9(16-17-10(2)18)7-14(19)15-12-6-5-11(20-3)8-13(12)21-4/h5-6,8H,7H2,1-4H3,(H,15,19)(H,17,18)/b16-9+. The Morgan fingerprint density at radius 1 is 1.19 bits per heavy atom. The van der Waals surface area contributed by atoms with Gasteiger partial charge in [-0.2, -0.15) is 5.10 Å². The van der Waals surface area contributed by atoms with Gasteiger partial charge in [-0.25, -0.2) is 5.43 Å².